The SMILES string of the molecule is Cc1nn(C)c2nc(-c3ccccc3)cc(C(=O)Nc3conc3-c3ccccc3)c12. The monoisotopic (exact) mass is 409 g/mol. The summed E-state index contributed by atoms with van der Waals surface area (Å²) in [7, 11) is 1.83. The van der Waals surface area contributed by atoms with Crippen molar-refractivity contribution in [1.29, 1.82) is 0 Å². The maximum Gasteiger partial charge on any atom is 0.256 e. The molecule has 152 valence electrons. The van der Waals surface area contributed by atoms with Crippen LogP contribution in [0.25, 0.3) is 33.5 Å². The highest BCUT2D eigenvalue weighted by Gasteiger charge is 2.21. The molecule has 0 spiro atoms. The van der Waals surface area contributed by atoms with Crippen molar-refractivity contribution in [2.45, 2.75) is 6.92 Å². The van der Waals surface area contributed by atoms with Crippen molar-refractivity contribution in [2.24, 2.45) is 7.05 Å². The molecule has 0 saturated heterocycles. The van der Waals surface area contributed by atoms with E-state index >= 15 is 0 Å². The average Bonchev–Trinajstić information content (AvgIpc) is 3.38. The first-order chi connectivity index (χ1) is 15.1. The minimum atomic E-state index is -0.277. The van der Waals surface area contributed by atoms with Crippen LogP contribution in [0.2, 0.25) is 0 Å². The number of nitrogens with zero attached hydrogens (tertiary/aromatic N) is 4. The number of hydrogen-bond donors (Lipinski definition) is 1. The molecule has 0 aliphatic rings. The Balaban J connectivity index is 1.60. The minimum Gasteiger partial charge on any atom is -0.362 e. The predicted octanol–water partition coefficient (Wildman–Crippen LogP) is 4.85. The molecule has 0 saturated carbocycles. The molecule has 0 fully saturated rings. The molecule has 5 rings (SSSR count). The second-order valence-corrected chi connectivity index (χ2v) is 7.23. The van der Waals surface area contributed by atoms with Crippen LogP contribution in [0.5, 0.6) is 0 Å². The topological polar surface area (TPSA) is 85.8 Å². The van der Waals surface area contributed by atoms with E-state index in [0.717, 1.165) is 22.2 Å². The highest BCUT2D eigenvalue weighted by atomic mass is 16.5. The molecule has 1 N–H and O–H groups in total. The number of aromatic nitrogens is 4. The van der Waals surface area contributed by atoms with Crippen LogP contribution < -0.4 is 5.32 Å². The van der Waals surface area contributed by atoms with Gasteiger partial charge in [0.05, 0.1) is 22.3 Å². The molecule has 0 unspecified atom stereocenters. The quantitative estimate of drug-likeness (QED) is 0.459. The van der Waals surface area contributed by atoms with Gasteiger partial charge >= 0.3 is 0 Å². The number of hydrogen-bond acceptors (Lipinski definition) is 5. The molecular weight excluding hydrogens is 390 g/mol. The lowest BCUT2D eigenvalue weighted by molar-refractivity contribution is 0.102. The van der Waals surface area contributed by atoms with Crippen LogP contribution in [0.15, 0.2) is 77.5 Å². The molecule has 5 aromatic rings. The third-order valence-corrected chi connectivity index (χ3v) is 5.15. The zero-order valence-electron chi connectivity index (χ0n) is 17.0. The van der Waals surface area contributed by atoms with Crippen molar-refractivity contribution in [1.82, 2.24) is 19.9 Å². The van der Waals surface area contributed by atoms with Crippen LogP contribution in [0.3, 0.4) is 0 Å². The Morgan fingerprint density at radius 3 is 2.39 bits per heavy atom. The van der Waals surface area contributed by atoms with Gasteiger partial charge in [0.1, 0.15) is 17.6 Å². The molecule has 3 aromatic heterocycles. The Hall–Kier alpha value is -4.26. The first kappa shape index (κ1) is 18.7. The van der Waals surface area contributed by atoms with Crippen molar-refractivity contribution in [2.75, 3.05) is 5.32 Å². The molecule has 0 aliphatic carbocycles. The van der Waals surface area contributed by atoms with E-state index in [1.165, 1.54) is 6.26 Å². The first-order valence-electron chi connectivity index (χ1n) is 9.83. The van der Waals surface area contributed by atoms with E-state index in [1.807, 2.05) is 74.6 Å². The molecule has 2 aromatic carbocycles. The van der Waals surface area contributed by atoms with Crippen LogP contribution in [0.1, 0.15) is 16.1 Å². The summed E-state index contributed by atoms with van der Waals surface area (Å²) in [5, 5.41) is 12.2. The van der Waals surface area contributed by atoms with Gasteiger partial charge in [0.25, 0.3) is 5.91 Å². The van der Waals surface area contributed by atoms with Gasteiger partial charge < -0.3 is 9.84 Å². The molecule has 3 heterocycles. The van der Waals surface area contributed by atoms with E-state index in [-0.39, 0.29) is 5.91 Å². The largest absolute Gasteiger partial charge is 0.362 e. The lowest BCUT2D eigenvalue weighted by Gasteiger charge is -2.09. The van der Waals surface area contributed by atoms with Gasteiger partial charge in [-0.15, -0.1) is 0 Å². The fourth-order valence-corrected chi connectivity index (χ4v) is 3.70. The van der Waals surface area contributed by atoms with Crippen molar-refractivity contribution < 1.29 is 9.32 Å². The number of carbonyl (C=O) groups is 1. The number of amides is 1. The van der Waals surface area contributed by atoms with E-state index in [4.69, 9.17) is 9.51 Å². The molecule has 0 bridgehead atoms. The van der Waals surface area contributed by atoms with Crippen molar-refractivity contribution in [3.8, 4) is 22.5 Å². The Kier molecular flexibility index (Phi) is 4.55. The van der Waals surface area contributed by atoms with Gasteiger partial charge in [0.2, 0.25) is 0 Å². The van der Waals surface area contributed by atoms with Crippen LogP contribution in [0.4, 0.5) is 5.69 Å². The molecule has 1 amide bonds. The van der Waals surface area contributed by atoms with Crippen LogP contribution in [-0.2, 0) is 7.05 Å². The van der Waals surface area contributed by atoms with Gasteiger partial charge in [-0.1, -0.05) is 65.8 Å². The van der Waals surface area contributed by atoms with Crippen LogP contribution >= 0.6 is 0 Å². The minimum absolute atomic E-state index is 0.277. The molecular formula is C24H19N5O2. The fraction of sp³-hybridized carbons (Fsp3) is 0.0833. The summed E-state index contributed by atoms with van der Waals surface area (Å²) >= 11 is 0. The number of aryl methyl sites for hydroxylation is 2. The van der Waals surface area contributed by atoms with Crippen molar-refractivity contribution in [3.63, 3.8) is 0 Å². The molecule has 7 heteroatoms. The average molecular weight is 409 g/mol. The van der Waals surface area contributed by atoms with Gasteiger partial charge in [0, 0.05) is 18.2 Å². The summed E-state index contributed by atoms with van der Waals surface area (Å²) in [5.74, 6) is -0.277. The summed E-state index contributed by atoms with van der Waals surface area (Å²) in [6, 6.07) is 21.1. The summed E-state index contributed by atoms with van der Waals surface area (Å²) in [5.41, 5.74) is 5.45. The zero-order valence-corrected chi connectivity index (χ0v) is 17.0. The number of pyridine rings is 1. The van der Waals surface area contributed by atoms with Crippen molar-refractivity contribution in [3.05, 3.63) is 84.3 Å². The maximum absolute atomic E-state index is 13.4. The molecule has 0 atom stereocenters. The van der Waals surface area contributed by atoms with E-state index in [1.54, 1.807) is 10.7 Å². The van der Waals surface area contributed by atoms with Crippen LogP contribution in [-0.4, -0.2) is 25.8 Å². The van der Waals surface area contributed by atoms with Gasteiger partial charge in [-0.05, 0) is 13.0 Å². The Morgan fingerprint density at radius 1 is 1.00 bits per heavy atom. The van der Waals surface area contributed by atoms with Gasteiger partial charge in [-0.3, -0.25) is 9.48 Å². The van der Waals surface area contributed by atoms with Crippen molar-refractivity contribution >= 4 is 22.6 Å². The molecule has 0 aliphatic heterocycles. The second-order valence-electron chi connectivity index (χ2n) is 7.23. The fourth-order valence-electron chi connectivity index (χ4n) is 3.70. The summed E-state index contributed by atoms with van der Waals surface area (Å²) < 4.78 is 6.85. The highest BCUT2D eigenvalue weighted by Crippen LogP contribution is 2.30. The standard InChI is InChI=1S/C24H19N5O2/c1-15-21-18(13-19(16-9-5-3-6-10-16)25-23(21)29(2)27-15)24(30)26-20-14-31-28-22(20)17-11-7-4-8-12-17/h3-14H,1-2H3,(H,26,30). The predicted molar refractivity (Wildman–Crippen MR) is 119 cm³/mol. The number of fused-ring (bicyclic) bond motifs is 1. The van der Waals surface area contributed by atoms with E-state index in [9.17, 15) is 4.79 Å². The van der Waals surface area contributed by atoms with Gasteiger partial charge in [-0.2, -0.15) is 5.10 Å². The molecule has 31 heavy (non-hydrogen) atoms. The third-order valence-electron chi connectivity index (χ3n) is 5.15. The number of anilines is 1. The number of nitrogens with one attached hydrogen (secondary N) is 1. The Morgan fingerprint density at radius 2 is 1.68 bits per heavy atom. The summed E-state index contributed by atoms with van der Waals surface area (Å²) in [6.07, 6.45) is 1.44. The number of rotatable bonds is 4. The number of carbonyl (C=O) groups excluding carboxylic acids is 1. The van der Waals surface area contributed by atoms with E-state index in [2.05, 4.69) is 15.6 Å². The zero-order chi connectivity index (χ0) is 21.4. The Bertz CT molecular complexity index is 1390. The lowest BCUT2D eigenvalue weighted by atomic mass is 10.0. The van der Waals surface area contributed by atoms with Crippen LogP contribution in [0, 0.1) is 6.92 Å². The summed E-state index contributed by atoms with van der Waals surface area (Å²) in [6.45, 7) is 1.87. The molecule has 7 nitrogen and oxygen atoms in total. The molecule has 0 radical (unpaired) electrons. The number of benzene rings is 2. The lowest BCUT2D eigenvalue weighted by Crippen LogP contribution is -2.13. The third kappa shape index (κ3) is 3.36. The first-order valence-corrected chi connectivity index (χ1v) is 9.83. The second kappa shape index (κ2) is 7.53. The van der Waals surface area contributed by atoms with Gasteiger partial charge in [-0.25, -0.2) is 4.98 Å². The van der Waals surface area contributed by atoms with Gasteiger partial charge in [0.15, 0.2) is 5.65 Å². The smallest absolute Gasteiger partial charge is 0.256 e. The Labute approximate surface area is 178 Å². The van der Waals surface area contributed by atoms with E-state index < -0.39 is 0 Å². The maximum atomic E-state index is 13.4. The highest BCUT2D eigenvalue weighted by molar-refractivity contribution is 6.14. The van der Waals surface area contributed by atoms with E-state index in [0.29, 0.717) is 28.3 Å². The summed E-state index contributed by atoms with van der Waals surface area (Å²) in [4.78, 5) is 18.2. The normalized spacial score (nSPS) is 11.0.